The molecule has 1 unspecified atom stereocenters. The van der Waals surface area contributed by atoms with Gasteiger partial charge in [-0.05, 0) is 56.9 Å². The van der Waals surface area contributed by atoms with Gasteiger partial charge < -0.3 is 10.1 Å². The summed E-state index contributed by atoms with van der Waals surface area (Å²) < 4.78 is 5.26. The minimum Gasteiger partial charge on any atom is -0.444 e. The van der Waals surface area contributed by atoms with Crippen molar-refractivity contribution in [3.63, 3.8) is 0 Å². The first-order valence-corrected chi connectivity index (χ1v) is 7.00. The highest BCUT2D eigenvalue weighted by Crippen LogP contribution is 2.21. The number of nitrogens with one attached hydrogen (secondary N) is 1. The Bertz CT molecular complexity index is 486. The van der Waals surface area contributed by atoms with Crippen molar-refractivity contribution in [3.8, 4) is 0 Å². The van der Waals surface area contributed by atoms with E-state index < -0.39 is 11.7 Å². The quantitative estimate of drug-likeness (QED) is 0.865. The zero-order valence-corrected chi connectivity index (χ0v) is 13.1. The summed E-state index contributed by atoms with van der Waals surface area (Å²) >= 11 is 0. The summed E-state index contributed by atoms with van der Waals surface area (Å²) in [5, 5.41) is 2.85. The lowest BCUT2D eigenvalue weighted by Gasteiger charge is -2.22. The fraction of sp³-hybridized carbons (Fsp3) is 0.471. The molecule has 0 saturated carbocycles. The second-order valence-corrected chi connectivity index (χ2v) is 5.95. The van der Waals surface area contributed by atoms with Gasteiger partial charge in [0.15, 0.2) is 0 Å². The molecule has 0 aliphatic heterocycles. The summed E-state index contributed by atoms with van der Waals surface area (Å²) in [6.45, 7) is 13.6. The molecule has 0 aliphatic carbocycles. The third kappa shape index (κ3) is 5.08. The number of benzene rings is 1. The molecule has 0 heterocycles. The summed E-state index contributed by atoms with van der Waals surface area (Å²) in [7, 11) is 0. The molecule has 0 aromatic heterocycles. The molecule has 1 amide bonds. The summed E-state index contributed by atoms with van der Waals surface area (Å²) in [4.78, 5) is 11.8. The maximum absolute atomic E-state index is 11.8. The van der Waals surface area contributed by atoms with Crippen LogP contribution in [0.5, 0.6) is 0 Å². The molecule has 0 spiro atoms. The van der Waals surface area contributed by atoms with Crippen LogP contribution in [0.15, 0.2) is 30.8 Å². The van der Waals surface area contributed by atoms with E-state index in [0.29, 0.717) is 0 Å². The number of carbonyl (C=O) groups excluding carboxylic acids is 1. The van der Waals surface area contributed by atoms with Gasteiger partial charge in [0.1, 0.15) is 5.60 Å². The van der Waals surface area contributed by atoms with Crippen molar-refractivity contribution >= 4 is 11.7 Å². The number of amides is 1. The number of allylic oxidation sites excluding steroid dienone is 1. The standard InChI is InChI=1S/C17H25NO2/c1-7-12(2)14-9-8-10-15(11-14)13(3)18-16(19)20-17(4,5)6/h8-11,13H,2,7H2,1,3-6H3,(H,18,19). The highest BCUT2D eigenvalue weighted by atomic mass is 16.6. The average molecular weight is 275 g/mol. The van der Waals surface area contributed by atoms with Gasteiger partial charge in [-0.1, -0.05) is 31.7 Å². The van der Waals surface area contributed by atoms with E-state index in [2.05, 4.69) is 24.9 Å². The lowest BCUT2D eigenvalue weighted by Crippen LogP contribution is -2.34. The Hall–Kier alpha value is -1.77. The molecule has 1 atom stereocenters. The Morgan fingerprint density at radius 1 is 1.40 bits per heavy atom. The monoisotopic (exact) mass is 275 g/mol. The van der Waals surface area contributed by atoms with Gasteiger partial charge in [0, 0.05) is 0 Å². The lowest BCUT2D eigenvalue weighted by molar-refractivity contribution is 0.0508. The molecule has 1 N–H and O–H groups in total. The Morgan fingerprint density at radius 3 is 2.60 bits per heavy atom. The van der Waals surface area contributed by atoms with Crippen molar-refractivity contribution < 1.29 is 9.53 Å². The number of carbonyl (C=O) groups is 1. The van der Waals surface area contributed by atoms with Gasteiger partial charge >= 0.3 is 6.09 Å². The summed E-state index contributed by atoms with van der Waals surface area (Å²) in [6.07, 6.45) is 0.516. The smallest absolute Gasteiger partial charge is 0.408 e. The van der Waals surface area contributed by atoms with E-state index in [9.17, 15) is 4.79 Å². The maximum atomic E-state index is 11.8. The summed E-state index contributed by atoms with van der Waals surface area (Å²) in [5.41, 5.74) is 2.77. The highest BCUT2D eigenvalue weighted by Gasteiger charge is 2.18. The fourth-order valence-corrected chi connectivity index (χ4v) is 1.80. The molecular weight excluding hydrogens is 250 g/mol. The first-order chi connectivity index (χ1) is 9.23. The van der Waals surface area contributed by atoms with Gasteiger partial charge in [-0.15, -0.1) is 0 Å². The molecule has 110 valence electrons. The van der Waals surface area contributed by atoms with Crippen LogP contribution in [-0.4, -0.2) is 11.7 Å². The molecule has 0 fully saturated rings. The number of hydrogen-bond acceptors (Lipinski definition) is 2. The van der Waals surface area contributed by atoms with Crippen LogP contribution in [0.3, 0.4) is 0 Å². The van der Waals surface area contributed by atoms with Crippen molar-refractivity contribution in [1.82, 2.24) is 5.32 Å². The topological polar surface area (TPSA) is 38.3 Å². The number of hydrogen-bond donors (Lipinski definition) is 1. The fourth-order valence-electron chi connectivity index (χ4n) is 1.80. The Morgan fingerprint density at radius 2 is 2.05 bits per heavy atom. The molecule has 1 rings (SSSR count). The van der Waals surface area contributed by atoms with Crippen LogP contribution in [0.2, 0.25) is 0 Å². The molecule has 20 heavy (non-hydrogen) atoms. The lowest BCUT2D eigenvalue weighted by atomic mass is 10.00. The van der Waals surface area contributed by atoms with Crippen LogP contribution in [0.25, 0.3) is 5.57 Å². The molecular formula is C17H25NO2. The van der Waals surface area contributed by atoms with Gasteiger partial charge in [-0.3, -0.25) is 0 Å². The molecule has 3 nitrogen and oxygen atoms in total. The SMILES string of the molecule is C=C(CC)c1cccc(C(C)NC(=O)OC(C)(C)C)c1. The largest absolute Gasteiger partial charge is 0.444 e. The van der Waals surface area contributed by atoms with Crippen LogP contribution >= 0.6 is 0 Å². The Balaban J connectivity index is 2.75. The van der Waals surface area contributed by atoms with Crippen LogP contribution in [-0.2, 0) is 4.74 Å². The van der Waals surface area contributed by atoms with Gasteiger partial charge in [0.25, 0.3) is 0 Å². The predicted octanol–water partition coefficient (Wildman–Crippen LogP) is 4.70. The van der Waals surface area contributed by atoms with Crippen LogP contribution in [0.4, 0.5) is 4.79 Å². The molecule has 0 saturated heterocycles. The average Bonchev–Trinajstić information content (AvgIpc) is 2.35. The molecule has 1 aromatic rings. The van der Waals surface area contributed by atoms with E-state index in [1.54, 1.807) is 0 Å². The van der Waals surface area contributed by atoms with Crippen molar-refractivity contribution in [2.45, 2.75) is 52.7 Å². The molecule has 3 heteroatoms. The Kier molecular flexibility index (Phi) is 5.37. The second-order valence-electron chi connectivity index (χ2n) is 5.95. The summed E-state index contributed by atoms with van der Waals surface area (Å²) in [5.74, 6) is 0. The normalized spacial score (nSPS) is 12.7. The zero-order valence-electron chi connectivity index (χ0n) is 13.1. The van der Waals surface area contributed by atoms with Crippen molar-refractivity contribution in [2.24, 2.45) is 0 Å². The predicted molar refractivity (Wildman–Crippen MR) is 83.6 cm³/mol. The van der Waals surface area contributed by atoms with Crippen molar-refractivity contribution in [1.29, 1.82) is 0 Å². The third-order valence-electron chi connectivity index (χ3n) is 2.95. The number of rotatable bonds is 4. The first-order valence-electron chi connectivity index (χ1n) is 7.00. The Labute approximate surface area is 122 Å². The number of alkyl carbamates (subject to hydrolysis) is 1. The maximum Gasteiger partial charge on any atom is 0.408 e. The van der Waals surface area contributed by atoms with Gasteiger partial charge in [-0.25, -0.2) is 4.79 Å². The third-order valence-corrected chi connectivity index (χ3v) is 2.95. The van der Waals surface area contributed by atoms with Gasteiger partial charge in [0.05, 0.1) is 6.04 Å². The van der Waals surface area contributed by atoms with Gasteiger partial charge in [-0.2, -0.15) is 0 Å². The van der Waals surface area contributed by atoms with E-state index in [4.69, 9.17) is 4.74 Å². The number of ether oxygens (including phenoxy) is 1. The van der Waals surface area contributed by atoms with Crippen molar-refractivity contribution in [3.05, 3.63) is 42.0 Å². The van der Waals surface area contributed by atoms with E-state index in [0.717, 1.165) is 23.1 Å². The van der Waals surface area contributed by atoms with Crippen molar-refractivity contribution in [2.75, 3.05) is 0 Å². The van der Waals surface area contributed by atoms with E-state index >= 15 is 0 Å². The highest BCUT2D eigenvalue weighted by molar-refractivity contribution is 5.69. The van der Waals surface area contributed by atoms with Crippen LogP contribution in [0, 0.1) is 0 Å². The molecule has 0 aliphatic rings. The van der Waals surface area contributed by atoms with Gasteiger partial charge in [0.2, 0.25) is 0 Å². The van der Waals surface area contributed by atoms with E-state index in [1.807, 2.05) is 45.9 Å². The van der Waals surface area contributed by atoms with E-state index in [1.165, 1.54) is 0 Å². The summed E-state index contributed by atoms with van der Waals surface area (Å²) in [6, 6.07) is 7.98. The second kappa shape index (κ2) is 6.60. The minimum atomic E-state index is -0.484. The van der Waals surface area contributed by atoms with Crippen LogP contribution < -0.4 is 5.32 Å². The van der Waals surface area contributed by atoms with Crippen LogP contribution in [0.1, 0.15) is 58.2 Å². The zero-order chi connectivity index (χ0) is 15.3. The van der Waals surface area contributed by atoms with E-state index in [-0.39, 0.29) is 6.04 Å². The first kappa shape index (κ1) is 16.3. The molecule has 0 radical (unpaired) electrons. The minimum absolute atomic E-state index is 0.102. The molecule has 1 aromatic carbocycles. The molecule has 0 bridgehead atoms.